The van der Waals surface area contributed by atoms with Gasteiger partial charge in [0.15, 0.2) is 5.67 Å². The van der Waals surface area contributed by atoms with Crippen molar-refractivity contribution >= 4 is 5.91 Å². The first kappa shape index (κ1) is 15.4. The average Bonchev–Trinajstić information content (AvgIpc) is 2.58. The molecule has 22 heavy (non-hydrogen) atoms. The number of likely N-dealkylation sites (tertiary alicyclic amines) is 1. The molecule has 0 aromatic carbocycles. The number of ether oxygens (including phenoxy) is 1. The van der Waals surface area contributed by atoms with E-state index in [0.717, 1.165) is 5.69 Å². The van der Waals surface area contributed by atoms with Gasteiger partial charge in [0.1, 0.15) is 0 Å². The molecule has 2 aliphatic rings. The van der Waals surface area contributed by atoms with E-state index in [2.05, 4.69) is 9.88 Å². The molecular formula is C16H22FN3O2. The minimum atomic E-state index is -1.71. The molecule has 2 aliphatic heterocycles. The molecule has 0 spiro atoms. The minimum Gasteiger partial charge on any atom is -0.378 e. The zero-order valence-electron chi connectivity index (χ0n) is 12.7. The Hall–Kier alpha value is -1.53. The number of carbonyl (C=O) groups excluding carboxylic acids is 1. The maximum absolute atomic E-state index is 15.0. The summed E-state index contributed by atoms with van der Waals surface area (Å²) in [5.74, 6) is -0.353. The summed E-state index contributed by atoms with van der Waals surface area (Å²) in [7, 11) is 0. The van der Waals surface area contributed by atoms with Crippen LogP contribution in [0.5, 0.6) is 0 Å². The van der Waals surface area contributed by atoms with Gasteiger partial charge in [0.25, 0.3) is 5.91 Å². The molecule has 0 aliphatic carbocycles. The summed E-state index contributed by atoms with van der Waals surface area (Å²) in [5, 5.41) is 0. The lowest BCUT2D eigenvalue weighted by molar-refractivity contribution is -0.151. The predicted molar refractivity (Wildman–Crippen MR) is 80.0 cm³/mol. The van der Waals surface area contributed by atoms with Crippen LogP contribution in [0.2, 0.25) is 0 Å². The Kier molecular flexibility index (Phi) is 4.69. The summed E-state index contributed by atoms with van der Waals surface area (Å²) in [6, 6.07) is 5.80. The normalized spacial score (nSPS) is 22.5. The fourth-order valence-corrected chi connectivity index (χ4v) is 3.05. The molecule has 2 saturated heterocycles. The van der Waals surface area contributed by atoms with E-state index in [4.69, 9.17) is 4.74 Å². The SMILES string of the molecule is O=C(N1CCOCC1)C1(F)CCN(Cc2ccccn2)CC1. The van der Waals surface area contributed by atoms with Crippen molar-refractivity contribution in [1.29, 1.82) is 0 Å². The second kappa shape index (κ2) is 6.71. The Morgan fingerprint density at radius 3 is 2.59 bits per heavy atom. The van der Waals surface area contributed by atoms with Crippen molar-refractivity contribution < 1.29 is 13.9 Å². The van der Waals surface area contributed by atoms with Gasteiger partial charge in [0.05, 0.1) is 18.9 Å². The van der Waals surface area contributed by atoms with Crippen molar-refractivity contribution in [2.24, 2.45) is 0 Å². The Labute approximate surface area is 130 Å². The highest BCUT2D eigenvalue weighted by atomic mass is 19.1. The monoisotopic (exact) mass is 307 g/mol. The molecule has 1 aromatic heterocycles. The molecule has 5 nitrogen and oxygen atoms in total. The second-order valence-corrected chi connectivity index (χ2v) is 5.97. The van der Waals surface area contributed by atoms with E-state index in [1.54, 1.807) is 11.1 Å². The summed E-state index contributed by atoms with van der Waals surface area (Å²) in [6.45, 7) is 3.90. The maximum atomic E-state index is 15.0. The number of amides is 1. The van der Waals surface area contributed by atoms with Crippen molar-refractivity contribution in [1.82, 2.24) is 14.8 Å². The number of carbonyl (C=O) groups is 1. The predicted octanol–water partition coefficient (Wildman–Crippen LogP) is 1.24. The van der Waals surface area contributed by atoms with E-state index in [1.807, 2.05) is 18.2 Å². The van der Waals surface area contributed by atoms with Gasteiger partial charge in [-0.25, -0.2) is 4.39 Å². The largest absolute Gasteiger partial charge is 0.378 e. The third-order valence-electron chi connectivity index (χ3n) is 4.44. The molecule has 0 radical (unpaired) electrons. The number of hydrogen-bond donors (Lipinski definition) is 0. The zero-order valence-corrected chi connectivity index (χ0v) is 12.7. The van der Waals surface area contributed by atoms with E-state index in [0.29, 0.717) is 45.9 Å². The molecule has 6 heteroatoms. The summed E-state index contributed by atoms with van der Waals surface area (Å²) < 4.78 is 20.2. The number of aromatic nitrogens is 1. The van der Waals surface area contributed by atoms with E-state index in [-0.39, 0.29) is 18.7 Å². The van der Waals surface area contributed by atoms with Crippen LogP contribution in [0.15, 0.2) is 24.4 Å². The van der Waals surface area contributed by atoms with Crippen molar-refractivity contribution in [2.45, 2.75) is 25.1 Å². The van der Waals surface area contributed by atoms with Crippen LogP contribution in [0, 0.1) is 0 Å². The van der Waals surface area contributed by atoms with Gasteiger partial charge in [-0.2, -0.15) is 0 Å². The Balaban J connectivity index is 1.54. The lowest BCUT2D eigenvalue weighted by atomic mass is 9.91. The topological polar surface area (TPSA) is 45.7 Å². The molecule has 1 aromatic rings. The van der Waals surface area contributed by atoms with Crippen LogP contribution >= 0.6 is 0 Å². The molecule has 0 bridgehead atoms. The van der Waals surface area contributed by atoms with Crippen LogP contribution in [0.25, 0.3) is 0 Å². The molecule has 0 atom stereocenters. The first-order valence-electron chi connectivity index (χ1n) is 7.86. The van der Waals surface area contributed by atoms with E-state index in [9.17, 15) is 9.18 Å². The van der Waals surface area contributed by atoms with Crippen LogP contribution in [-0.4, -0.2) is 65.8 Å². The van der Waals surface area contributed by atoms with Gasteiger partial charge < -0.3 is 9.64 Å². The molecule has 0 N–H and O–H groups in total. The zero-order chi connectivity index (χ0) is 15.4. The molecule has 120 valence electrons. The van der Waals surface area contributed by atoms with Crippen molar-refractivity contribution in [2.75, 3.05) is 39.4 Å². The highest BCUT2D eigenvalue weighted by Crippen LogP contribution is 2.29. The van der Waals surface area contributed by atoms with Gasteiger partial charge in [-0.15, -0.1) is 0 Å². The lowest BCUT2D eigenvalue weighted by Gasteiger charge is -2.39. The van der Waals surface area contributed by atoms with Gasteiger partial charge in [0.2, 0.25) is 0 Å². The van der Waals surface area contributed by atoms with Crippen LogP contribution in [-0.2, 0) is 16.1 Å². The van der Waals surface area contributed by atoms with Gasteiger partial charge in [-0.1, -0.05) is 6.07 Å². The van der Waals surface area contributed by atoms with E-state index >= 15 is 0 Å². The summed E-state index contributed by atoms with van der Waals surface area (Å²) in [4.78, 5) is 20.5. The number of pyridine rings is 1. The second-order valence-electron chi connectivity index (χ2n) is 5.97. The van der Waals surface area contributed by atoms with Crippen LogP contribution in [0.1, 0.15) is 18.5 Å². The fourth-order valence-electron chi connectivity index (χ4n) is 3.05. The molecule has 1 amide bonds. The molecule has 3 heterocycles. The molecular weight excluding hydrogens is 285 g/mol. The molecule has 0 saturated carbocycles. The van der Waals surface area contributed by atoms with Gasteiger partial charge in [-0.05, 0) is 12.1 Å². The highest BCUT2D eigenvalue weighted by molar-refractivity contribution is 5.85. The number of piperidine rings is 1. The smallest absolute Gasteiger partial charge is 0.260 e. The van der Waals surface area contributed by atoms with Crippen molar-refractivity contribution in [3.63, 3.8) is 0 Å². The summed E-state index contributed by atoms with van der Waals surface area (Å²) in [5.41, 5.74) is -0.730. The number of alkyl halides is 1. The van der Waals surface area contributed by atoms with Gasteiger partial charge in [0, 0.05) is 51.8 Å². The van der Waals surface area contributed by atoms with E-state index < -0.39 is 5.67 Å². The first-order valence-corrected chi connectivity index (χ1v) is 7.86. The third-order valence-corrected chi connectivity index (χ3v) is 4.44. The minimum absolute atomic E-state index is 0.260. The molecule has 3 rings (SSSR count). The van der Waals surface area contributed by atoms with Crippen molar-refractivity contribution in [3.8, 4) is 0 Å². The van der Waals surface area contributed by atoms with Crippen molar-refractivity contribution in [3.05, 3.63) is 30.1 Å². The number of halogens is 1. The third kappa shape index (κ3) is 3.44. The molecule has 2 fully saturated rings. The van der Waals surface area contributed by atoms with Gasteiger partial charge >= 0.3 is 0 Å². The highest BCUT2D eigenvalue weighted by Gasteiger charge is 2.44. The summed E-state index contributed by atoms with van der Waals surface area (Å²) >= 11 is 0. The quantitative estimate of drug-likeness (QED) is 0.843. The maximum Gasteiger partial charge on any atom is 0.260 e. The fraction of sp³-hybridized carbons (Fsp3) is 0.625. The van der Waals surface area contributed by atoms with E-state index in [1.165, 1.54) is 0 Å². The van der Waals surface area contributed by atoms with Crippen LogP contribution < -0.4 is 0 Å². The van der Waals surface area contributed by atoms with Crippen LogP contribution in [0.3, 0.4) is 0 Å². The van der Waals surface area contributed by atoms with Crippen LogP contribution in [0.4, 0.5) is 4.39 Å². The number of morpholine rings is 1. The Morgan fingerprint density at radius 1 is 1.23 bits per heavy atom. The first-order chi connectivity index (χ1) is 10.7. The lowest BCUT2D eigenvalue weighted by Crippen LogP contribution is -2.54. The Morgan fingerprint density at radius 2 is 1.95 bits per heavy atom. The average molecular weight is 307 g/mol. The summed E-state index contributed by atoms with van der Waals surface area (Å²) in [6.07, 6.45) is 2.28. The number of nitrogens with zero attached hydrogens (tertiary/aromatic N) is 3. The standard InChI is InChI=1S/C16H22FN3O2/c17-16(15(21)20-9-11-22-12-10-20)4-7-19(8-5-16)13-14-3-1-2-6-18-14/h1-3,6H,4-5,7-13H2. The Bertz CT molecular complexity index is 497. The number of rotatable bonds is 3. The molecule has 0 unspecified atom stereocenters. The van der Waals surface area contributed by atoms with Gasteiger partial charge in [-0.3, -0.25) is 14.7 Å². The number of hydrogen-bond acceptors (Lipinski definition) is 4.